The Morgan fingerprint density at radius 3 is 2.86 bits per heavy atom. The number of nitro groups is 1. The lowest BCUT2D eigenvalue weighted by molar-refractivity contribution is -0.384. The topological polar surface area (TPSA) is 107 Å². The van der Waals surface area contributed by atoms with E-state index in [0.717, 1.165) is 15.9 Å². The van der Waals surface area contributed by atoms with Crippen molar-refractivity contribution in [1.82, 2.24) is 14.6 Å². The van der Waals surface area contributed by atoms with Crippen LogP contribution >= 0.6 is 11.3 Å². The van der Waals surface area contributed by atoms with Crippen molar-refractivity contribution in [2.45, 2.75) is 6.92 Å². The summed E-state index contributed by atoms with van der Waals surface area (Å²) in [4.78, 5) is 37.9. The van der Waals surface area contributed by atoms with E-state index in [4.69, 9.17) is 0 Å². The summed E-state index contributed by atoms with van der Waals surface area (Å²) >= 11 is 1.01. The molecule has 9 heteroatoms. The Balaban J connectivity index is 2.24. The molecule has 1 aromatic carbocycles. The molecule has 0 aliphatic rings. The van der Waals surface area contributed by atoms with Gasteiger partial charge < -0.3 is 0 Å². The number of rotatable bonds is 2. The van der Waals surface area contributed by atoms with Crippen molar-refractivity contribution in [2.24, 2.45) is 0 Å². The maximum Gasteiger partial charge on any atom is 0.295 e. The predicted octanol–water partition coefficient (Wildman–Crippen LogP) is 0.276. The van der Waals surface area contributed by atoms with E-state index < -0.39 is 16.0 Å². The van der Waals surface area contributed by atoms with Crippen LogP contribution < -0.4 is 15.7 Å². The van der Waals surface area contributed by atoms with Crippen molar-refractivity contribution in [2.75, 3.05) is 0 Å². The van der Waals surface area contributed by atoms with Gasteiger partial charge in [0.1, 0.15) is 5.69 Å². The van der Waals surface area contributed by atoms with Gasteiger partial charge in [-0.2, -0.15) is 14.6 Å². The zero-order valence-electron chi connectivity index (χ0n) is 11.2. The molecule has 0 aliphatic carbocycles. The first-order valence-corrected chi connectivity index (χ1v) is 6.94. The van der Waals surface area contributed by atoms with Gasteiger partial charge in [-0.1, -0.05) is 23.5 Å². The van der Waals surface area contributed by atoms with Crippen LogP contribution in [0.4, 0.5) is 5.69 Å². The standard InChI is InChI=1S/C13H8N4O4S/c1-7-11(18)14-13-16(15-7)12(19)10(22-13)6-8-3-2-4-9(5-8)17(20)21/h2-6H,1H3/b10-6+. The van der Waals surface area contributed by atoms with Crippen molar-refractivity contribution < 1.29 is 4.92 Å². The van der Waals surface area contributed by atoms with Gasteiger partial charge >= 0.3 is 0 Å². The maximum atomic E-state index is 12.2. The van der Waals surface area contributed by atoms with Gasteiger partial charge in [-0.15, -0.1) is 0 Å². The number of aromatic nitrogens is 3. The second kappa shape index (κ2) is 5.11. The van der Waals surface area contributed by atoms with Crippen molar-refractivity contribution in [3.05, 3.63) is 70.9 Å². The van der Waals surface area contributed by atoms with E-state index in [2.05, 4.69) is 10.1 Å². The summed E-state index contributed by atoms with van der Waals surface area (Å²) in [5, 5.41) is 14.7. The van der Waals surface area contributed by atoms with E-state index in [0.29, 0.717) is 10.1 Å². The average Bonchev–Trinajstić information content (AvgIpc) is 2.76. The number of hydrogen-bond donors (Lipinski definition) is 0. The lowest BCUT2D eigenvalue weighted by Crippen LogP contribution is -2.27. The van der Waals surface area contributed by atoms with Gasteiger partial charge in [0.15, 0.2) is 0 Å². The molecule has 0 amide bonds. The molecule has 8 nitrogen and oxygen atoms in total. The Morgan fingerprint density at radius 1 is 1.36 bits per heavy atom. The zero-order chi connectivity index (χ0) is 15.9. The summed E-state index contributed by atoms with van der Waals surface area (Å²) in [6.45, 7) is 1.48. The number of non-ortho nitro benzene ring substituents is 1. The van der Waals surface area contributed by atoms with Crippen LogP contribution in [0.25, 0.3) is 11.0 Å². The van der Waals surface area contributed by atoms with Crippen molar-refractivity contribution in [3.63, 3.8) is 0 Å². The van der Waals surface area contributed by atoms with E-state index in [-0.39, 0.29) is 16.3 Å². The minimum atomic E-state index is -0.509. The summed E-state index contributed by atoms with van der Waals surface area (Å²) in [7, 11) is 0. The van der Waals surface area contributed by atoms with Crippen LogP contribution in [-0.2, 0) is 0 Å². The van der Waals surface area contributed by atoms with Crippen LogP contribution in [0.2, 0.25) is 0 Å². The molecule has 2 heterocycles. The molecule has 0 atom stereocenters. The molecule has 0 spiro atoms. The number of nitro benzene ring substituents is 1. The molecule has 110 valence electrons. The van der Waals surface area contributed by atoms with Gasteiger partial charge in [0, 0.05) is 12.1 Å². The molecule has 0 aliphatic heterocycles. The van der Waals surface area contributed by atoms with Gasteiger partial charge in [0.25, 0.3) is 16.8 Å². The summed E-state index contributed by atoms with van der Waals surface area (Å²) in [6, 6.07) is 5.91. The summed E-state index contributed by atoms with van der Waals surface area (Å²) in [6.07, 6.45) is 1.51. The van der Waals surface area contributed by atoms with Gasteiger partial charge in [0.05, 0.1) is 9.46 Å². The molecule has 3 rings (SSSR count). The van der Waals surface area contributed by atoms with Gasteiger partial charge in [-0.05, 0) is 18.6 Å². The lowest BCUT2D eigenvalue weighted by Gasteiger charge is -1.92. The Morgan fingerprint density at radius 2 is 2.14 bits per heavy atom. The van der Waals surface area contributed by atoms with Gasteiger partial charge in [-0.25, -0.2) is 0 Å². The Hall–Kier alpha value is -2.94. The van der Waals surface area contributed by atoms with Crippen LogP contribution in [0.15, 0.2) is 33.9 Å². The SMILES string of the molecule is Cc1nn2c(=O)/c(=C\c3cccc([N+](=O)[O-])c3)sc2nc1=O. The minimum absolute atomic E-state index is 0.0658. The number of aryl methyl sites for hydroxylation is 1. The third-order valence-corrected chi connectivity index (χ3v) is 3.88. The van der Waals surface area contributed by atoms with Crippen molar-refractivity contribution in [3.8, 4) is 0 Å². The molecular formula is C13H8N4O4S. The van der Waals surface area contributed by atoms with E-state index in [1.165, 1.54) is 31.2 Å². The van der Waals surface area contributed by atoms with Crippen molar-refractivity contribution >= 4 is 28.1 Å². The molecule has 0 N–H and O–H groups in total. The summed E-state index contributed by atoms with van der Waals surface area (Å²) < 4.78 is 1.36. The first-order valence-electron chi connectivity index (χ1n) is 6.12. The van der Waals surface area contributed by atoms with Gasteiger partial charge in [0.2, 0.25) is 4.96 Å². The predicted molar refractivity (Wildman–Crippen MR) is 80.0 cm³/mol. The van der Waals surface area contributed by atoms with Crippen LogP contribution in [-0.4, -0.2) is 19.5 Å². The number of hydrogen-bond acceptors (Lipinski definition) is 7. The molecule has 2 aromatic heterocycles. The average molecular weight is 316 g/mol. The largest absolute Gasteiger partial charge is 0.295 e. The maximum absolute atomic E-state index is 12.2. The van der Waals surface area contributed by atoms with Gasteiger partial charge in [-0.3, -0.25) is 19.7 Å². The third kappa shape index (κ3) is 2.37. The molecule has 0 fully saturated rings. The number of fused-ring (bicyclic) bond motifs is 1. The number of thiazole rings is 1. The second-order valence-corrected chi connectivity index (χ2v) is 5.47. The fraction of sp³-hybridized carbons (Fsp3) is 0.0769. The van der Waals surface area contributed by atoms with E-state index in [1.54, 1.807) is 6.07 Å². The highest BCUT2D eigenvalue weighted by molar-refractivity contribution is 7.15. The van der Waals surface area contributed by atoms with Crippen LogP contribution in [0.1, 0.15) is 11.3 Å². The van der Waals surface area contributed by atoms with Crippen molar-refractivity contribution in [1.29, 1.82) is 0 Å². The molecule has 0 radical (unpaired) electrons. The van der Waals surface area contributed by atoms with E-state index in [9.17, 15) is 19.7 Å². The lowest BCUT2D eigenvalue weighted by atomic mass is 10.2. The van der Waals surface area contributed by atoms with Crippen LogP contribution in [0, 0.1) is 17.0 Å². The Kier molecular flexibility index (Phi) is 3.26. The smallest absolute Gasteiger partial charge is 0.266 e. The molecule has 0 saturated carbocycles. The second-order valence-electron chi connectivity index (χ2n) is 4.46. The third-order valence-electron chi connectivity index (χ3n) is 2.92. The fourth-order valence-electron chi connectivity index (χ4n) is 1.87. The molecule has 0 saturated heterocycles. The van der Waals surface area contributed by atoms with Crippen LogP contribution in [0.3, 0.4) is 0 Å². The molecule has 0 bridgehead atoms. The highest BCUT2D eigenvalue weighted by Crippen LogP contribution is 2.13. The zero-order valence-corrected chi connectivity index (χ0v) is 12.0. The summed E-state index contributed by atoms with van der Waals surface area (Å²) in [5.74, 6) is 0. The number of nitrogens with zero attached hydrogens (tertiary/aromatic N) is 4. The Labute approximate surface area is 126 Å². The summed E-state index contributed by atoms with van der Waals surface area (Å²) in [5.41, 5.74) is -0.319. The Bertz CT molecular complexity index is 1070. The molecular weight excluding hydrogens is 308 g/mol. The van der Waals surface area contributed by atoms with E-state index >= 15 is 0 Å². The normalized spacial score (nSPS) is 12.0. The minimum Gasteiger partial charge on any atom is -0.266 e. The first kappa shape index (κ1) is 14.0. The molecule has 22 heavy (non-hydrogen) atoms. The number of benzene rings is 1. The highest BCUT2D eigenvalue weighted by Gasteiger charge is 2.09. The fourth-order valence-corrected chi connectivity index (χ4v) is 2.77. The molecule has 0 unspecified atom stereocenters. The highest BCUT2D eigenvalue weighted by atomic mass is 32.1. The first-order chi connectivity index (χ1) is 10.5. The van der Waals surface area contributed by atoms with Crippen LogP contribution in [0.5, 0.6) is 0 Å². The molecule has 3 aromatic rings. The monoisotopic (exact) mass is 316 g/mol. The van der Waals surface area contributed by atoms with E-state index in [1.807, 2.05) is 0 Å². The quantitative estimate of drug-likeness (QED) is 0.496.